The van der Waals surface area contributed by atoms with Crippen molar-refractivity contribution in [2.75, 3.05) is 13.7 Å². The summed E-state index contributed by atoms with van der Waals surface area (Å²) in [5.41, 5.74) is 3.30. The summed E-state index contributed by atoms with van der Waals surface area (Å²) >= 11 is 0. The molecule has 0 atom stereocenters. The Balaban J connectivity index is 1.51. The Hall–Kier alpha value is -3.79. The predicted octanol–water partition coefficient (Wildman–Crippen LogP) is 5.71. The fourth-order valence-electron chi connectivity index (χ4n) is 3.38. The molecule has 0 N–H and O–H groups in total. The number of para-hydroxylation sites is 1. The average molecular weight is 398 g/mol. The molecule has 4 rings (SSSR count). The maximum Gasteiger partial charge on any atom is 0.232 e. The van der Waals surface area contributed by atoms with Crippen LogP contribution in [0.2, 0.25) is 0 Å². The predicted molar refractivity (Wildman–Crippen MR) is 118 cm³/mol. The molecule has 0 aliphatic carbocycles. The van der Waals surface area contributed by atoms with E-state index in [1.807, 2.05) is 79.7 Å². The second kappa shape index (κ2) is 8.70. The van der Waals surface area contributed by atoms with Crippen LogP contribution in [0.1, 0.15) is 27.0 Å². The van der Waals surface area contributed by atoms with Crippen molar-refractivity contribution in [2.45, 2.75) is 6.92 Å². The molecule has 0 radical (unpaired) electrons. The van der Waals surface area contributed by atoms with Crippen LogP contribution in [0.3, 0.4) is 0 Å². The highest BCUT2D eigenvalue weighted by molar-refractivity contribution is 6.15. The molecule has 0 saturated heterocycles. The quantitative estimate of drug-likeness (QED) is 0.499. The summed E-state index contributed by atoms with van der Waals surface area (Å²) < 4.78 is 17.1. The van der Waals surface area contributed by atoms with Crippen LogP contribution in [0.5, 0.6) is 17.2 Å². The number of fused-ring (bicyclic) bond motifs is 1. The van der Waals surface area contributed by atoms with Gasteiger partial charge in [0.2, 0.25) is 5.78 Å². The van der Waals surface area contributed by atoms with Crippen molar-refractivity contribution in [3.63, 3.8) is 0 Å². The molecule has 4 heteroatoms. The van der Waals surface area contributed by atoms with Crippen LogP contribution in [0.25, 0.3) is 12.2 Å². The first-order valence-electron chi connectivity index (χ1n) is 9.72. The maximum atomic E-state index is 12.9. The van der Waals surface area contributed by atoms with Gasteiger partial charge in [-0.05, 0) is 42.3 Å². The molecule has 0 spiro atoms. The Labute approximate surface area is 176 Å². The number of Topliss-reactive ketones (excluding diaryl/α,β-unsaturated/α-hetero) is 1. The molecule has 0 fully saturated rings. The number of ketones is 1. The van der Waals surface area contributed by atoms with Gasteiger partial charge in [-0.3, -0.25) is 4.79 Å². The Kier molecular flexibility index (Phi) is 5.66. The minimum Gasteiger partial charge on any atom is -0.496 e. The van der Waals surface area contributed by atoms with Crippen molar-refractivity contribution < 1.29 is 19.0 Å². The summed E-state index contributed by atoms with van der Waals surface area (Å²) in [5, 5.41) is 0. The topological polar surface area (TPSA) is 44.8 Å². The van der Waals surface area contributed by atoms with E-state index in [-0.39, 0.29) is 11.5 Å². The third kappa shape index (κ3) is 4.13. The van der Waals surface area contributed by atoms with Gasteiger partial charge >= 0.3 is 0 Å². The maximum absolute atomic E-state index is 12.9. The second-order valence-electron chi connectivity index (χ2n) is 6.92. The standard InChI is InChI=1S/C26H22O4/c1-18-15-21(29-14-8-11-19-9-4-3-5-10-19)17-23-25(18)26(27)24(30-23)16-20-12-6-7-13-22(20)28-2/h3-13,15-17H,14H2,1-2H3/b11-8+,24-16-. The van der Waals surface area contributed by atoms with Crippen molar-refractivity contribution in [1.82, 2.24) is 0 Å². The first-order valence-corrected chi connectivity index (χ1v) is 9.72. The monoisotopic (exact) mass is 398 g/mol. The second-order valence-corrected chi connectivity index (χ2v) is 6.92. The minimum atomic E-state index is -0.135. The number of allylic oxidation sites excluding steroid dienone is 1. The SMILES string of the molecule is COc1ccccc1/C=C1\Oc2cc(OC/C=C/c3ccccc3)cc(C)c2C1=O. The van der Waals surface area contributed by atoms with Crippen LogP contribution in [0, 0.1) is 6.92 Å². The smallest absolute Gasteiger partial charge is 0.232 e. The molecule has 4 nitrogen and oxygen atoms in total. The summed E-state index contributed by atoms with van der Waals surface area (Å²) in [5.74, 6) is 2.00. The summed E-state index contributed by atoms with van der Waals surface area (Å²) in [6, 6.07) is 21.2. The van der Waals surface area contributed by atoms with Gasteiger partial charge in [0.25, 0.3) is 0 Å². The van der Waals surface area contributed by atoms with Crippen LogP contribution in [-0.4, -0.2) is 19.5 Å². The van der Waals surface area contributed by atoms with Crippen molar-refractivity contribution in [3.8, 4) is 17.2 Å². The number of benzene rings is 3. The van der Waals surface area contributed by atoms with Crippen molar-refractivity contribution in [1.29, 1.82) is 0 Å². The van der Waals surface area contributed by atoms with E-state index in [9.17, 15) is 4.79 Å². The first-order chi connectivity index (χ1) is 14.7. The van der Waals surface area contributed by atoms with E-state index < -0.39 is 0 Å². The summed E-state index contributed by atoms with van der Waals surface area (Å²) in [6.45, 7) is 2.31. The van der Waals surface area contributed by atoms with Gasteiger partial charge in [-0.25, -0.2) is 0 Å². The van der Waals surface area contributed by atoms with Gasteiger partial charge < -0.3 is 14.2 Å². The van der Waals surface area contributed by atoms with E-state index in [1.165, 1.54) is 0 Å². The molecular formula is C26H22O4. The number of carbonyl (C=O) groups is 1. The Bertz CT molecular complexity index is 1130. The number of aryl methyl sites for hydroxylation is 1. The molecule has 1 heterocycles. The number of rotatable bonds is 6. The van der Waals surface area contributed by atoms with Gasteiger partial charge in [0.1, 0.15) is 23.9 Å². The normalized spacial score (nSPS) is 14.1. The number of ether oxygens (including phenoxy) is 3. The molecule has 0 saturated carbocycles. The van der Waals surface area contributed by atoms with Gasteiger partial charge in [-0.2, -0.15) is 0 Å². The molecule has 1 aliphatic heterocycles. The molecule has 0 unspecified atom stereocenters. The number of carbonyl (C=O) groups excluding carboxylic acids is 1. The first kappa shape index (κ1) is 19.5. The van der Waals surface area contributed by atoms with Crippen LogP contribution in [0.15, 0.2) is 78.6 Å². The molecule has 150 valence electrons. The highest BCUT2D eigenvalue weighted by Gasteiger charge is 2.30. The van der Waals surface area contributed by atoms with Crippen molar-refractivity contribution in [3.05, 3.63) is 101 Å². The van der Waals surface area contributed by atoms with Crippen LogP contribution in [-0.2, 0) is 0 Å². The zero-order chi connectivity index (χ0) is 20.9. The summed E-state index contributed by atoms with van der Waals surface area (Å²) in [7, 11) is 1.60. The minimum absolute atomic E-state index is 0.135. The molecule has 3 aromatic carbocycles. The highest BCUT2D eigenvalue weighted by Crippen LogP contribution is 2.38. The molecule has 3 aromatic rings. The zero-order valence-corrected chi connectivity index (χ0v) is 16.9. The third-order valence-electron chi connectivity index (χ3n) is 4.83. The van der Waals surface area contributed by atoms with E-state index in [0.29, 0.717) is 29.4 Å². The van der Waals surface area contributed by atoms with Crippen LogP contribution in [0.4, 0.5) is 0 Å². The zero-order valence-electron chi connectivity index (χ0n) is 16.9. The van der Waals surface area contributed by atoms with E-state index in [2.05, 4.69) is 0 Å². The lowest BCUT2D eigenvalue weighted by Gasteiger charge is -2.07. The van der Waals surface area contributed by atoms with Gasteiger partial charge in [0.05, 0.1) is 12.7 Å². The lowest BCUT2D eigenvalue weighted by Crippen LogP contribution is -2.00. The lowest BCUT2D eigenvalue weighted by molar-refractivity contribution is 0.101. The summed E-state index contributed by atoms with van der Waals surface area (Å²) in [6.07, 6.45) is 5.68. The van der Waals surface area contributed by atoms with Crippen LogP contribution >= 0.6 is 0 Å². The molecule has 30 heavy (non-hydrogen) atoms. The number of hydrogen-bond donors (Lipinski definition) is 0. The van der Waals surface area contributed by atoms with E-state index >= 15 is 0 Å². The van der Waals surface area contributed by atoms with E-state index in [1.54, 1.807) is 19.3 Å². The largest absolute Gasteiger partial charge is 0.496 e. The molecule has 0 bridgehead atoms. The van der Waals surface area contributed by atoms with Gasteiger partial charge in [0, 0.05) is 11.6 Å². The Morgan fingerprint density at radius 3 is 2.57 bits per heavy atom. The van der Waals surface area contributed by atoms with Crippen molar-refractivity contribution in [2.24, 2.45) is 0 Å². The number of hydrogen-bond acceptors (Lipinski definition) is 4. The van der Waals surface area contributed by atoms with Gasteiger partial charge in [-0.1, -0.05) is 54.6 Å². The fraction of sp³-hybridized carbons (Fsp3) is 0.115. The summed E-state index contributed by atoms with van der Waals surface area (Å²) in [4.78, 5) is 12.9. The third-order valence-corrected chi connectivity index (χ3v) is 4.83. The Morgan fingerprint density at radius 2 is 1.77 bits per heavy atom. The fourth-order valence-corrected chi connectivity index (χ4v) is 3.38. The molecular weight excluding hydrogens is 376 g/mol. The number of methoxy groups -OCH3 is 1. The van der Waals surface area contributed by atoms with Crippen molar-refractivity contribution >= 4 is 17.9 Å². The molecule has 1 aliphatic rings. The van der Waals surface area contributed by atoms with Crippen LogP contribution < -0.4 is 14.2 Å². The van der Waals surface area contributed by atoms with Gasteiger partial charge in [0.15, 0.2) is 5.76 Å². The van der Waals surface area contributed by atoms with E-state index in [4.69, 9.17) is 14.2 Å². The molecule has 0 aromatic heterocycles. The lowest BCUT2D eigenvalue weighted by atomic mass is 10.0. The van der Waals surface area contributed by atoms with Gasteiger partial charge in [-0.15, -0.1) is 0 Å². The molecule has 0 amide bonds. The highest BCUT2D eigenvalue weighted by atomic mass is 16.5. The Morgan fingerprint density at radius 1 is 1.00 bits per heavy atom. The average Bonchev–Trinajstić information content (AvgIpc) is 3.08. The van der Waals surface area contributed by atoms with E-state index in [0.717, 1.165) is 16.7 Å².